The summed E-state index contributed by atoms with van der Waals surface area (Å²) in [5, 5.41) is 5.73. The summed E-state index contributed by atoms with van der Waals surface area (Å²) in [6, 6.07) is 21.0. The van der Waals surface area contributed by atoms with Crippen molar-refractivity contribution in [2.75, 3.05) is 11.9 Å². The van der Waals surface area contributed by atoms with Gasteiger partial charge in [-0.05, 0) is 48.0 Å². The van der Waals surface area contributed by atoms with Gasteiger partial charge in [0, 0.05) is 5.69 Å². The van der Waals surface area contributed by atoms with Crippen LogP contribution in [0.5, 0.6) is 0 Å². The van der Waals surface area contributed by atoms with E-state index in [1.54, 1.807) is 49.6 Å². The Morgan fingerprint density at radius 3 is 2.58 bits per heavy atom. The smallest absolute Gasteiger partial charge is 0.308 e. The van der Waals surface area contributed by atoms with Gasteiger partial charge in [0.05, 0.1) is 42.0 Å². The minimum Gasteiger partial charge on any atom is -0.466 e. The summed E-state index contributed by atoms with van der Waals surface area (Å²) in [5.41, 5.74) is 3.17. The largest absolute Gasteiger partial charge is 0.466 e. The van der Waals surface area contributed by atoms with Crippen LogP contribution in [0, 0.1) is 4.91 Å². The number of hydrogen-bond acceptors (Lipinski definition) is 6. The SMILES string of the molecule is CCOC(=O)CC(c1ccccc1)n1cnc2ccc(NC(=O)c3ccccc3N=O)cc21. The number of nitrogens with one attached hydrogen (secondary N) is 1. The van der Waals surface area contributed by atoms with E-state index in [-0.39, 0.29) is 29.7 Å². The molecule has 8 heteroatoms. The maximum absolute atomic E-state index is 12.7. The Labute approximate surface area is 190 Å². The van der Waals surface area contributed by atoms with Crippen LogP contribution in [0.1, 0.15) is 35.3 Å². The van der Waals surface area contributed by atoms with Crippen LogP contribution in [-0.2, 0) is 9.53 Å². The maximum atomic E-state index is 12.7. The van der Waals surface area contributed by atoms with Gasteiger partial charge in [0.15, 0.2) is 0 Å². The van der Waals surface area contributed by atoms with E-state index < -0.39 is 5.91 Å². The number of nitrogens with zero attached hydrogens (tertiary/aromatic N) is 3. The molecule has 3 aromatic carbocycles. The zero-order valence-corrected chi connectivity index (χ0v) is 18.0. The Morgan fingerprint density at radius 2 is 1.82 bits per heavy atom. The first kappa shape index (κ1) is 21.9. The molecule has 4 aromatic rings. The van der Waals surface area contributed by atoms with Gasteiger partial charge in [0.25, 0.3) is 5.91 Å². The van der Waals surface area contributed by atoms with Crippen molar-refractivity contribution in [1.29, 1.82) is 0 Å². The molecule has 0 radical (unpaired) electrons. The maximum Gasteiger partial charge on any atom is 0.308 e. The van der Waals surface area contributed by atoms with E-state index in [1.165, 1.54) is 6.07 Å². The van der Waals surface area contributed by atoms with Crippen LogP contribution in [0.2, 0.25) is 0 Å². The first-order valence-corrected chi connectivity index (χ1v) is 10.5. The topological polar surface area (TPSA) is 103 Å². The lowest BCUT2D eigenvalue weighted by atomic mass is 10.0. The third-order valence-corrected chi connectivity index (χ3v) is 5.27. The molecular formula is C25H22N4O4. The highest BCUT2D eigenvalue weighted by Crippen LogP contribution is 2.29. The quantitative estimate of drug-likeness (QED) is 0.297. The van der Waals surface area contributed by atoms with Crippen molar-refractivity contribution in [1.82, 2.24) is 9.55 Å². The van der Waals surface area contributed by atoms with Crippen molar-refractivity contribution in [3.8, 4) is 0 Å². The molecule has 0 bridgehead atoms. The van der Waals surface area contributed by atoms with Gasteiger partial charge in [0.2, 0.25) is 0 Å². The van der Waals surface area contributed by atoms with Crippen molar-refractivity contribution in [2.24, 2.45) is 5.18 Å². The molecule has 1 unspecified atom stereocenters. The molecule has 8 nitrogen and oxygen atoms in total. The first-order chi connectivity index (χ1) is 16.1. The van der Waals surface area contributed by atoms with E-state index in [1.807, 2.05) is 34.9 Å². The second-order valence-corrected chi connectivity index (χ2v) is 7.35. The molecule has 1 N–H and O–H groups in total. The number of fused-ring (bicyclic) bond motifs is 1. The number of rotatable bonds is 8. The van der Waals surface area contributed by atoms with Crippen LogP contribution in [-0.4, -0.2) is 28.0 Å². The average Bonchev–Trinajstić information content (AvgIpc) is 3.26. The molecule has 4 rings (SSSR count). The molecular weight excluding hydrogens is 420 g/mol. The van der Waals surface area contributed by atoms with Crippen molar-refractivity contribution in [3.05, 3.63) is 95.2 Å². The number of anilines is 1. The predicted octanol–water partition coefficient (Wildman–Crippen LogP) is 5.23. The van der Waals surface area contributed by atoms with E-state index in [9.17, 15) is 14.5 Å². The highest BCUT2D eigenvalue weighted by atomic mass is 16.5. The predicted molar refractivity (Wildman–Crippen MR) is 125 cm³/mol. The van der Waals surface area contributed by atoms with Crippen LogP contribution in [0.4, 0.5) is 11.4 Å². The number of amides is 1. The standard InChI is InChI=1S/C25H22N4O4/c1-2-33-24(30)15-22(17-8-4-3-5-9-17)29-16-26-21-13-12-18(14-23(21)29)27-25(31)19-10-6-7-11-20(19)28-32/h3-14,16,22H,2,15H2,1H3,(H,27,31). The molecule has 0 aliphatic carbocycles. The normalized spacial score (nSPS) is 11.7. The van der Waals surface area contributed by atoms with Gasteiger partial charge >= 0.3 is 5.97 Å². The van der Waals surface area contributed by atoms with Crippen molar-refractivity contribution in [2.45, 2.75) is 19.4 Å². The van der Waals surface area contributed by atoms with Gasteiger partial charge in [-0.1, -0.05) is 42.5 Å². The number of nitroso groups, excluding NO2 is 1. The molecule has 0 aliphatic rings. The first-order valence-electron chi connectivity index (χ1n) is 10.5. The van der Waals surface area contributed by atoms with E-state index in [2.05, 4.69) is 15.5 Å². The van der Waals surface area contributed by atoms with Crippen molar-refractivity contribution >= 4 is 34.3 Å². The molecule has 1 aromatic heterocycles. The fraction of sp³-hybridized carbons (Fsp3) is 0.160. The number of carbonyl (C=O) groups excluding carboxylic acids is 2. The van der Waals surface area contributed by atoms with Crippen LogP contribution in [0.3, 0.4) is 0 Å². The summed E-state index contributed by atoms with van der Waals surface area (Å²) in [6.07, 6.45) is 1.82. The summed E-state index contributed by atoms with van der Waals surface area (Å²) in [7, 11) is 0. The van der Waals surface area contributed by atoms with E-state index in [4.69, 9.17) is 4.74 Å². The second kappa shape index (κ2) is 9.86. The molecule has 0 fully saturated rings. The molecule has 166 valence electrons. The third-order valence-electron chi connectivity index (χ3n) is 5.27. The molecule has 1 atom stereocenters. The minimum atomic E-state index is -0.443. The van der Waals surface area contributed by atoms with Crippen LogP contribution in [0.15, 0.2) is 84.3 Å². The van der Waals surface area contributed by atoms with E-state index in [0.29, 0.717) is 17.8 Å². The monoisotopic (exact) mass is 442 g/mol. The van der Waals surface area contributed by atoms with Gasteiger partial charge in [-0.3, -0.25) is 9.59 Å². The highest BCUT2D eigenvalue weighted by molar-refractivity contribution is 6.08. The van der Waals surface area contributed by atoms with Gasteiger partial charge in [-0.15, -0.1) is 4.91 Å². The molecule has 1 heterocycles. The second-order valence-electron chi connectivity index (χ2n) is 7.35. The van der Waals surface area contributed by atoms with E-state index >= 15 is 0 Å². The zero-order valence-electron chi connectivity index (χ0n) is 18.0. The van der Waals surface area contributed by atoms with Crippen LogP contribution < -0.4 is 5.32 Å². The summed E-state index contributed by atoms with van der Waals surface area (Å²) in [4.78, 5) is 40.6. The summed E-state index contributed by atoms with van der Waals surface area (Å²) < 4.78 is 7.09. The molecule has 0 spiro atoms. The van der Waals surface area contributed by atoms with Crippen LogP contribution >= 0.6 is 0 Å². The number of benzene rings is 3. The van der Waals surface area contributed by atoms with Gasteiger partial charge < -0.3 is 14.6 Å². The zero-order chi connectivity index (χ0) is 23.2. The average molecular weight is 442 g/mol. The number of carbonyl (C=O) groups is 2. The molecule has 0 aliphatic heterocycles. The Kier molecular flexibility index (Phi) is 6.54. The Morgan fingerprint density at radius 1 is 1.06 bits per heavy atom. The van der Waals surface area contributed by atoms with Crippen molar-refractivity contribution in [3.63, 3.8) is 0 Å². The van der Waals surface area contributed by atoms with Gasteiger partial charge in [-0.2, -0.15) is 0 Å². The number of esters is 1. The number of ether oxygens (including phenoxy) is 1. The van der Waals surface area contributed by atoms with E-state index in [0.717, 1.165) is 11.1 Å². The molecule has 0 saturated carbocycles. The summed E-state index contributed by atoms with van der Waals surface area (Å²) in [5.74, 6) is -0.752. The number of imidazole rings is 1. The Hall–Kier alpha value is -4.33. The lowest BCUT2D eigenvalue weighted by Gasteiger charge is -2.19. The Bertz CT molecular complexity index is 1300. The molecule has 1 amide bonds. The van der Waals surface area contributed by atoms with Gasteiger partial charge in [-0.25, -0.2) is 4.98 Å². The molecule has 0 saturated heterocycles. The minimum absolute atomic E-state index is 0.0692. The summed E-state index contributed by atoms with van der Waals surface area (Å²) >= 11 is 0. The van der Waals surface area contributed by atoms with Gasteiger partial charge in [0.1, 0.15) is 5.69 Å². The van der Waals surface area contributed by atoms with Crippen LogP contribution in [0.25, 0.3) is 11.0 Å². The Balaban J connectivity index is 1.69. The number of hydrogen-bond donors (Lipinski definition) is 1. The fourth-order valence-corrected chi connectivity index (χ4v) is 3.73. The third kappa shape index (κ3) is 4.79. The highest BCUT2D eigenvalue weighted by Gasteiger charge is 2.21. The lowest BCUT2D eigenvalue weighted by Crippen LogP contribution is -2.17. The number of aromatic nitrogens is 2. The van der Waals surface area contributed by atoms with Crippen molar-refractivity contribution < 1.29 is 14.3 Å². The summed E-state index contributed by atoms with van der Waals surface area (Å²) in [6.45, 7) is 2.08. The fourth-order valence-electron chi connectivity index (χ4n) is 3.73. The molecule has 33 heavy (non-hydrogen) atoms. The lowest BCUT2D eigenvalue weighted by molar-refractivity contribution is -0.143.